The fourth-order valence-corrected chi connectivity index (χ4v) is 3.67. The van der Waals surface area contributed by atoms with E-state index in [0.29, 0.717) is 23.5 Å². The first-order valence-electron chi connectivity index (χ1n) is 10.1. The number of fused-ring (bicyclic) bond motifs is 3. The highest BCUT2D eigenvalue weighted by Crippen LogP contribution is 2.49. The van der Waals surface area contributed by atoms with Gasteiger partial charge >= 0.3 is 12.7 Å². The van der Waals surface area contributed by atoms with E-state index in [1.807, 2.05) is 20.8 Å². The number of halogens is 2. The highest BCUT2D eigenvalue weighted by Gasteiger charge is 2.28. The van der Waals surface area contributed by atoms with Crippen LogP contribution in [0.1, 0.15) is 32.8 Å². The molecule has 0 saturated carbocycles. The highest BCUT2D eigenvalue weighted by molar-refractivity contribution is 5.86. The van der Waals surface area contributed by atoms with Gasteiger partial charge in [0.2, 0.25) is 5.75 Å². The average Bonchev–Trinajstić information content (AvgIpc) is 2.71. The van der Waals surface area contributed by atoms with Gasteiger partial charge in [0.05, 0.1) is 7.11 Å². The predicted molar refractivity (Wildman–Crippen MR) is 114 cm³/mol. The van der Waals surface area contributed by atoms with Crippen molar-refractivity contribution in [2.24, 2.45) is 11.7 Å². The molecule has 0 radical (unpaired) electrons. The Balaban J connectivity index is 1.97. The first-order chi connectivity index (χ1) is 15.1. The van der Waals surface area contributed by atoms with Crippen LogP contribution >= 0.6 is 0 Å². The molecule has 1 aromatic carbocycles. The van der Waals surface area contributed by atoms with Crippen LogP contribution in [0.3, 0.4) is 0 Å². The minimum atomic E-state index is -3.08. The van der Waals surface area contributed by atoms with Crippen LogP contribution < -0.4 is 25.3 Å². The predicted octanol–water partition coefficient (Wildman–Crippen LogP) is 4.56. The van der Waals surface area contributed by atoms with Crippen LogP contribution in [0.5, 0.6) is 17.2 Å². The Kier molecular flexibility index (Phi) is 7.02. The lowest BCUT2D eigenvalue weighted by molar-refractivity contribution is -0.0534. The van der Waals surface area contributed by atoms with Crippen molar-refractivity contribution in [2.45, 2.75) is 45.9 Å². The van der Waals surface area contributed by atoms with Crippen molar-refractivity contribution >= 4 is 11.9 Å². The molecule has 0 spiro atoms. The van der Waals surface area contributed by atoms with E-state index >= 15 is 0 Å². The van der Waals surface area contributed by atoms with Gasteiger partial charge in [-0.1, -0.05) is 13.8 Å². The fourth-order valence-electron chi connectivity index (χ4n) is 3.67. The van der Waals surface area contributed by atoms with E-state index in [1.165, 1.54) is 19.4 Å². The molecule has 174 valence electrons. The van der Waals surface area contributed by atoms with Gasteiger partial charge in [0.15, 0.2) is 11.5 Å². The minimum Gasteiger partial charge on any atom is -0.488 e. The number of benzene rings is 1. The summed E-state index contributed by atoms with van der Waals surface area (Å²) in [7, 11) is 1.24. The third-order valence-electron chi connectivity index (χ3n) is 4.78. The summed E-state index contributed by atoms with van der Waals surface area (Å²) in [6.45, 7) is 3.03. The number of ether oxygens (including phenoxy) is 4. The lowest BCUT2D eigenvalue weighted by atomic mass is 9.93. The van der Waals surface area contributed by atoms with E-state index in [0.717, 1.165) is 5.56 Å². The Morgan fingerprint density at radius 3 is 2.75 bits per heavy atom. The lowest BCUT2D eigenvalue weighted by Gasteiger charge is -2.28. The number of amides is 1. The van der Waals surface area contributed by atoms with Gasteiger partial charge in [-0.2, -0.15) is 8.78 Å². The molecule has 1 aliphatic rings. The average molecular weight is 451 g/mol. The molecule has 1 aromatic heterocycles. The number of nitrogens with zero attached hydrogens (tertiary/aromatic N) is 1. The number of pyridine rings is 1. The summed E-state index contributed by atoms with van der Waals surface area (Å²) in [6, 6.07) is 4.83. The lowest BCUT2D eigenvalue weighted by Crippen LogP contribution is -2.43. The van der Waals surface area contributed by atoms with Crippen molar-refractivity contribution in [2.75, 3.05) is 19.0 Å². The Bertz CT molecular complexity index is 982. The molecule has 1 atom stereocenters. The largest absolute Gasteiger partial charge is 0.488 e. The van der Waals surface area contributed by atoms with Crippen LogP contribution in [0, 0.1) is 5.92 Å². The Hall–Kier alpha value is -3.14. The second-order valence-electron chi connectivity index (χ2n) is 8.32. The summed E-state index contributed by atoms with van der Waals surface area (Å²) < 4.78 is 47.4. The zero-order valence-corrected chi connectivity index (χ0v) is 18.4. The normalized spacial score (nSPS) is 14.2. The van der Waals surface area contributed by atoms with Crippen LogP contribution in [0.25, 0.3) is 11.1 Å². The molecule has 0 unspecified atom stereocenters. The standard InChI is InChI=1S/C22H27F2N3O5/c1-12(2)8-22(3,25)11-31-16-6-5-14-15-7-17(27-21(28)29-4)26-9-13(15)10-30-18(14)19(16)32-20(23)24/h5-7,9,12,20H,8,10-11,25H2,1-4H3,(H,26,27,28)/t22-/m0/s1. The molecular weight excluding hydrogens is 424 g/mol. The summed E-state index contributed by atoms with van der Waals surface area (Å²) >= 11 is 0. The monoisotopic (exact) mass is 451 g/mol. The fraction of sp³-hybridized carbons (Fsp3) is 0.455. The van der Waals surface area contributed by atoms with E-state index < -0.39 is 18.2 Å². The molecular formula is C22H27F2N3O5. The number of hydrogen-bond acceptors (Lipinski definition) is 7. The molecule has 8 nitrogen and oxygen atoms in total. The van der Waals surface area contributed by atoms with Crippen LogP contribution in [-0.4, -0.2) is 36.9 Å². The van der Waals surface area contributed by atoms with Gasteiger partial charge in [0, 0.05) is 22.9 Å². The maximum Gasteiger partial charge on any atom is 0.412 e. The molecule has 0 saturated heterocycles. The number of methoxy groups -OCH3 is 1. The zero-order chi connectivity index (χ0) is 23.5. The van der Waals surface area contributed by atoms with Crippen molar-refractivity contribution in [3.8, 4) is 28.4 Å². The molecule has 1 amide bonds. The first kappa shape index (κ1) is 23.5. The van der Waals surface area contributed by atoms with Gasteiger partial charge in [-0.05, 0) is 43.0 Å². The SMILES string of the molecule is COC(=O)Nc1cc2c(cn1)COc1c-2ccc(OC[C@@](C)(N)CC(C)C)c1OC(F)F. The summed E-state index contributed by atoms with van der Waals surface area (Å²) in [5.74, 6) is 0.605. The van der Waals surface area contributed by atoms with E-state index in [4.69, 9.17) is 19.9 Å². The number of nitrogens with two attached hydrogens (primary N) is 1. The van der Waals surface area contributed by atoms with Crippen LogP contribution in [0.15, 0.2) is 24.4 Å². The second kappa shape index (κ2) is 9.56. The highest BCUT2D eigenvalue weighted by atomic mass is 19.3. The van der Waals surface area contributed by atoms with Gasteiger partial charge in [-0.15, -0.1) is 0 Å². The summed E-state index contributed by atoms with van der Waals surface area (Å²) in [5.41, 5.74) is 7.51. The third-order valence-corrected chi connectivity index (χ3v) is 4.78. The zero-order valence-electron chi connectivity index (χ0n) is 18.4. The van der Waals surface area contributed by atoms with Crippen molar-refractivity contribution in [3.63, 3.8) is 0 Å². The summed E-state index contributed by atoms with van der Waals surface area (Å²) in [6.07, 6.45) is 1.55. The molecule has 1 aliphatic heterocycles. The maximum absolute atomic E-state index is 13.2. The van der Waals surface area contributed by atoms with E-state index in [9.17, 15) is 13.6 Å². The van der Waals surface area contributed by atoms with Crippen LogP contribution in [0.2, 0.25) is 0 Å². The van der Waals surface area contributed by atoms with Crippen LogP contribution in [-0.2, 0) is 11.3 Å². The number of aromatic nitrogens is 1. The smallest absolute Gasteiger partial charge is 0.412 e. The molecule has 32 heavy (non-hydrogen) atoms. The van der Waals surface area contributed by atoms with Gasteiger partial charge < -0.3 is 24.7 Å². The van der Waals surface area contributed by atoms with Crippen molar-refractivity contribution in [3.05, 3.63) is 30.0 Å². The van der Waals surface area contributed by atoms with E-state index in [1.54, 1.807) is 12.1 Å². The minimum absolute atomic E-state index is 0.0822. The number of anilines is 1. The maximum atomic E-state index is 13.2. The Morgan fingerprint density at radius 2 is 2.09 bits per heavy atom. The molecule has 10 heteroatoms. The number of rotatable bonds is 8. The summed E-state index contributed by atoms with van der Waals surface area (Å²) in [5, 5.41) is 2.48. The van der Waals surface area contributed by atoms with Crippen LogP contribution in [0.4, 0.5) is 19.4 Å². The third kappa shape index (κ3) is 5.56. The van der Waals surface area contributed by atoms with Gasteiger partial charge in [0.25, 0.3) is 0 Å². The Labute approximate surface area is 185 Å². The molecule has 0 aliphatic carbocycles. The number of carbonyl (C=O) groups excluding carboxylic acids is 1. The molecule has 0 fully saturated rings. The van der Waals surface area contributed by atoms with Crippen molar-refractivity contribution in [1.82, 2.24) is 4.98 Å². The van der Waals surface area contributed by atoms with Crippen molar-refractivity contribution < 1.29 is 32.5 Å². The van der Waals surface area contributed by atoms with E-state index in [2.05, 4.69) is 15.0 Å². The molecule has 3 rings (SSSR count). The Morgan fingerprint density at radius 1 is 1.34 bits per heavy atom. The number of hydrogen-bond donors (Lipinski definition) is 2. The first-order valence-corrected chi connectivity index (χ1v) is 10.1. The van der Waals surface area contributed by atoms with Gasteiger partial charge in [-0.3, -0.25) is 5.32 Å². The molecule has 2 aromatic rings. The van der Waals surface area contributed by atoms with Gasteiger partial charge in [-0.25, -0.2) is 9.78 Å². The molecule has 3 N–H and O–H groups in total. The molecule has 2 heterocycles. The number of nitrogens with one attached hydrogen (secondary N) is 1. The van der Waals surface area contributed by atoms with Gasteiger partial charge in [0.1, 0.15) is 19.0 Å². The number of alkyl halides is 2. The summed E-state index contributed by atoms with van der Waals surface area (Å²) in [4.78, 5) is 15.6. The quantitative estimate of drug-likeness (QED) is 0.606. The topological polar surface area (TPSA) is 105 Å². The number of carbonyl (C=O) groups is 1. The van der Waals surface area contributed by atoms with Crippen molar-refractivity contribution in [1.29, 1.82) is 0 Å². The molecule has 0 bridgehead atoms. The van der Waals surface area contributed by atoms with E-state index in [-0.39, 0.29) is 36.3 Å². The second-order valence-corrected chi connectivity index (χ2v) is 8.32.